The van der Waals surface area contributed by atoms with Gasteiger partial charge < -0.3 is 9.47 Å². The number of hydrogen-bond acceptors (Lipinski definition) is 3. The summed E-state index contributed by atoms with van der Waals surface area (Å²) < 4.78 is 10.4. The van der Waals surface area contributed by atoms with Gasteiger partial charge in [0.2, 0.25) is 5.90 Å². The topological polar surface area (TPSA) is 42.3 Å². The molecule has 0 aromatic heterocycles. The molecule has 1 rings (SSSR count). The summed E-state index contributed by atoms with van der Waals surface area (Å²) in [6.07, 6.45) is 0. The van der Waals surface area contributed by atoms with Gasteiger partial charge in [-0.2, -0.15) is 0 Å². The summed E-state index contributed by atoms with van der Waals surface area (Å²) in [5.74, 6) is 1.02. The molecule has 1 aromatic rings. The average Bonchev–Trinajstić information content (AvgIpc) is 2.20. The van der Waals surface area contributed by atoms with E-state index >= 15 is 0 Å². The third-order valence-electron chi connectivity index (χ3n) is 1.72. The molecule has 0 fully saturated rings. The molecule has 0 radical (unpaired) electrons. The highest BCUT2D eigenvalue weighted by atomic mass is 16.5. The second kappa shape index (κ2) is 5.27. The molecule has 0 spiro atoms. The lowest BCUT2D eigenvalue weighted by molar-refractivity contribution is 0.325. The van der Waals surface area contributed by atoms with Crippen LogP contribution in [-0.2, 0) is 4.74 Å². The van der Waals surface area contributed by atoms with Crippen molar-refractivity contribution < 1.29 is 9.47 Å². The van der Waals surface area contributed by atoms with Crippen molar-refractivity contribution in [3.8, 4) is 5.75 Å². The van der Waals surface area contributed by atoms with Crippen molar-refractivity contribution in [1.82, 2.24) is 0 Å². The van der Waals surface area contributed by atoms with Crippen LogP contribution in [0.3, 0.4) is 0 Å². The van der Waals surface area contributed by atoms with E-state index < -0.39 is 0 Å². The first-order valence-corrected chi connectivity index (χ1v) is 4.72. The maximum atomic E-state index is 7.54. The SMILES string of the molecule is CCOC(=N)c1ccc(OCC)cc1. The van der Waals surface area contributed by atoms with E-state index in [0.717, 1.165) is 11.3 Å². The van der Waals surface area contributed by atoms with E-state index in [1.807, 2.05) is 38.1 Å². The number of nitrogens with one attached hydrogen (secondary N) is 1. The Bertz CT molecular complexity index is 293. The fourth-order valence-corrected chi connectivity index (χ4v) is 1.10. The minimum absolute atomic E-state index is 0.204. The van der Waals surface area contributed by atoms with Crippen LogP contribution in [0.4, 0.5) is 0 Å². The Kier molecular flexibility index (Phi) is 3.98. The van der Waals surface area contributed by atoms with Gasteiger partial charge in [0.25, 0.3) is 0 Å². The Morgan fingerprint density at radius 1 is 1.14 bits per heavy atom. The van der Waals surface area contributed by atoms with E-state index in [1.165, 1.54) is 0 Å². The second-order valence-electron chi connectivity index (χ2n) is 2.72. The molecule has 1 N–H and O–H groups in total. The normalized spacial score (nSPS) is 9.57. The number of benzene rings is 1. The molecule has 0 unspecified atom stereocenters. The smallest absolute Gasteiger partial charge is 0.213 e. The van der Waals surface area contributed by atoms with E-state index in [0.29, 0.717) is 13.2 Å². The van der Waals surface area contributed by atoms with Gasteiger partial charge in [-0.3, -0.25) is 5.41 Å². The number of ether oxygens (including phenoxy) is 2. The maximum absolute atomic E-state index is 7.54. The molecule has 76 valence electrons. The van der Waals surface area contributed by atoms with E-state index in [1.54, 1.807) is 0 Å². The zero-order valence-electron chi connectivity index (χ0n) is 8.54. The molecular formula is C11H15NO2. The van der Waals surface area contributed by atoms with E-state index in [2.05, 4.69) is 0 Å². The number of rotatable bonds is 4. The van der Waals surface area contributed by atoms with Crippen LogP contribution in [0.2, 0.25) is 0 Å². The Balaban J connectivity index is 2.67. The Hall–Kier alpha value is -1.51. The summed E-state index contributed by atoms with van der Waals surface area (Å²) in [5.41, 5.74) is 0.773. The highest BCUT2D eigenvalue weighted by molar-refractivity contribution is 5.91. The molecule has 3 heteroatoms. The van der Waals surface area contributed by atoms with Gasteiger partial charge >= 0.3 is 0 Å². The Morgan fingerprint density at radius 3 is 2.29 bits per heavy atom. The molecule has 0 aliphatic carbocycles. The van der Waals surface area contributed by atoms with Crippen molar-refractivity contribution >= 4 is 5.90 Å². The van der Waals surface area contributed by atoms with Gasteiger partial charge in [-0.1, -0.05) is 0 Å². The van der Waals surface area contributed by atoms with Crippen LogP contribution in [0.15, 0.2) is 24.3 Å². The van der Waals surface area contributed by atoms with Crippen molar-refractivity contribution in [2.75, 3.05) is 13.2 Å². The maximum Gasteiger partial charge on any atom is 0.213 e. The monoisotopic (exact) mass is 193 g/mol. The van der Waals surface area contributed by atoms with Crippen molar-refractivity contribution in [2.24, 2.45) is 0 Å². The summed E-state index contributed by atoms with van der Waals surface area (Å²) >= 11 is 0. The van der Waals surface area contributed by atoms with Gasteiger partial charge in [0.15, 0.2) is 0 Å². The highest BCUT2D eigenvalue weighted by Crippen LogP contribution is 2.12. The van der Waals surface area contributed by atoms with Gasteiger partial charge in [-0.15, -0.1) is 0 Å². The molecule has 0 atom stereocenters. The first-order chi connectivity index (χ1) is 6.77. The van der Waals surface area contributed by atoms with Crippen LogP contribution >= 0.6 is 0 Å². The van der Waals surface area contributed by atoms with E-state index in [-0.39, 0.29) is 5.90 Å². The summed E-state index contributed by atoms with van der Waals surface area (Å²) in [5, 5.41) is 7.54. The largest absolute Gasteiger partial charge is 0.494 e. The molecule has 1 aromatic carbocycles. The zero-order valence-corrected chi connectivity index (χ0v) is 8.54. The first kappa shape index (κ1) is 10.6. The van der Waals surface area contributed by atoms with Crippen LogP contribution < -0.4 is 4.74 Å². The average molecular weight is 193 g/mol. The molecule has 0 amide bonds. The Morgan fingerprint density at radius 2 is 1.79 bits per heavy atom. The standard InChI is InChI=1S/C11H15NO2/c1-3-13-10-7-5-9(6-8-10)11(12)14-4-2/h5-8,12H,3-4H2,1-2H3. The van der Waals surface area contributed by atoms with E-state index in [9.17, 15) is 0 Å². The highest BCUT2D eigenvalue weighted by Gasteiger charge is 2.01. The van der Waals surface area contributed by atoms with Crippen LogP contribution in [0.1, 0.15) is 19.4 Å². The molecular weight excluding hydrogens is 178 g/mol. The molecule has 14 heavy (non-hydrogen) atoms. The lowest BCUT2D eigenvalue weighted by Gasteiger charge is -2.06. The minimum atomic E-state index is 0.204. The fraction of sp³-hybridized carbons (Fsp3) is 0.364. The summed E-state index contributed by atoms with van der Waals surface area (Å²) in [6, 6.07) is 7.32. The fourth-order valence-electron chi connectivity index (χ4n) is 1.10. The van der Waals surface area contributed by atoms with Crippen molar-refractivity contribution in [3.63, 3.8) is 0 Å². The summed E-state index contributed by atoms with van der Waals surface area (Å²) in [7, 11) is 0. The molecule has 0 saturated heterocycles. The van der Waals surface area contributed by atoms with Crippen molar-refractivity contribution in [2.45, 2.75) is 13.8 Å². The van der Waals surface area contributed by atoms with Gasteiger partial charge in [0.1, 0.15) is 5.75 Å². The van der Waals surface area contributed by atoms with Gasteiger partial charge in [0.05, 0.1) is 13.2 Å². The Labute approximate surface area is 84.2 Å². The van der Waals surface area contributed by atoms with Crippen LogP contribution in [0, 0.1) is 5.41 Å². The molecule has 0 bridgehead atoms. The minimum Gasteiger partial charge on any atom is -0.494 e. The first-order valence-electron chi connectivity index (χ1n) is 4.72. The molecule has 0 aliphatic rings. The second-order valence-corrected chi connectivity index (χ2v) is 2.72. The molecule has 3 nitrogen and oxygen atoms in total. The zero-order chi connectivity index (χ0) is 10.4. The van der Waals surface area contributed by atoms with E-state index in [4.69, 9.17) is 14.9 Å². The molecule has 0 heterocycles. The van der Waals surface area contributed by atoms with Gasteiger partial charge in [-0.05, 0) is 38.1 Å². The van der Waals surface area contributed by atoms with Crippen LogP contribution in [-0.4, -0.2) is 19.1 Å². The predicted octanol–water partition coefficient (Wildman–Crippen LogP) is 2.45. The van der Waals surface area contributed by atoms with Crippen molar-refractivity contribution in [1.29, 1.82) is 5.41 Å². The van der Waals surface area contributed by atoms with Gasteiger partial charge in [-0.25, -0.2) is 0 Å². The third-order valence-corrected chi connectivity index (χ3v) is 1.72. The predicted molar refractivity (Wildman–Crippen MR) is 56.1 cm³/mol. The lowest BCUT2D eigenvalue weighted by atomic mass is 10.2. The van der Waals surface area contributed by atoms with Crippen LogP contribution in [0.5, 0.6) is 5.75 Å². The number of hydrogen-bond donors (Lipinski definition) is 1. The van der Waals surface area contributed by atoms with Gasteiger partial charge in [0, 0.05) is 5.56 Å². The molecule has 0 saturated carbocycles. The third kappa shape index (κ3) is 2.76. The summed E-state index contributed by atoms with van der Waals surface area (Å²) in [6.45, 7) is 4.98. The van der Waals surface area contributed by atoms with Crippen molar-refractivity contribution in [3.05, 3.63) is 29.8 Å². The lowest BCUT2D eigenvalue weighted by Crippen LogP contribution is -2.04. The molecule has 0 aliphatic heterocycles. The summed E-state index contributed by atoms with van der Waals surface area (Å²) in [4.78, 5) is 0. The quantitative estimate of drug-likeness (QED) is 0.589. The van der Waals surface area contributed by atoms with Crippen LogP contribution in [0.25, 0.3) is 0 Å².